The predicted octanol–water partition coefficient (Wildman–Crippen LogP) is 4.57. The van der Waals surface area contributed by atoms with Crippen molar-refractivity contribution in [2.75, 3.05) is 18.4 Å². The third-order valence-corrected chi connectivity index (χ3v) is 4.65. The Labute approximate surface area is 143 Å². The highest BCUT2D eigenvalue weighted by atomic mass is 15.3. The molecule has 0 saturated carbocycles. The van der Waals surface area contributed by atoms with Gasteiger partial charge in [0.05, 0.1) is 12.1 Å². The maximum Gasteiger partial charge on any atom is 0.0603 e. The third kappa shape index (κ3) is 3.19. The Hall–Kier alpha value is -2.58. The molecule has 120 valence electrons. The summed E-state index contributed by atoms with van der Waals surface area (Å²) in [7, 11) is 0. The van der Waals surface area contributed by atoms with Crippen LogP contribution in [0.5, 0.6) is 0 Å². The molecule has 1 fully saturated rings. The lowest BCUT2D eigenvalue weighted by molar-refractivity contribution is 0.123. The van der Waals surface area contributed by atoms with Crippen molar-refractivity contribution in [3.63, 3.8) is 0 Å². The van der Waals surface area contributed by atoms with Crippen LogP contribution in [0.4, 0.5) is 5.69 Å². The minimum atomic E-state index is 0.334. The summed E-state index contributed by atoms with van der Waals surface area (Å²) in [4.78, 5) is 2.55. The number of rotatable bonds is 5. The van der Waals surface area contributed by atoms with Crippen LogP contribution in [0.2, 0.25) is 0 Å². The maximum atomic E-state index is 3.62. The summed E-state index contributed by atoms with van der Waals surface area (Å²) in [5.41, 5.74) is 3.93. The van der Waals surface area contributed by atoms with Crippen LogP contribution in [0.25, 0.3) is 0 Å². The summed E-state index contributed by atoms with van der Waals surface area (Å²) in [5.74, 6) is 0. The van der Waals surface area contributed by atoms with Gasteiger partial charge < -0.3 is 5.32 Å². The van der Waals surface area contributed by atoms with E-state index >= 15 is 0 Å². The second-order valence-corrected chi connectivity index (χ2v) is 6.39. The van der Waals surface area contributed by atoms with E-state index in [-0.39, 0.29) is 0 Å². The monoisotopic (exact) mass is 314 g/mol. The Morgan fingerprint density at radius 2 is 1.12 bits per heavy atom. The molecule has 0 radical (unpaired) electrons. The first-order chi connectivity index (χ1) is 11.9. The fourth-order valence-corrected chi connectivity index (χ4v) is 3.47. The quantitative estimate of drug-likeness (QED) is 0.742. The van der Waals surface area contributed by atoms with Crippen molar-refractivity contribution >= 4 is 5.69 Å². The molecule has 0 amide bonds. The smallest absolute Gasteiger partial charge is 0.0603 e. The van der Waals surface area contributed by atoms with Crippen LogP contribution in [0.3, 0.4) is 0 Å². The van der Waals surface area contributed by atoms with Gasteiger partial charge in [-0.15, -0.1) is 0 Å². The highest BCUT2D eigenvalue weighted by Gasteiger charge is 2.33. The molecule has 2 heteroatoms. The Bertz CT molecular complexity index is 710. The standard InChI is InChI=1S/C22H22N2/c1-4-10-18(11-5-1)22(19-12-6-2-7-13-19)24-16-21(17-24)23-20-14-8-3-9-15-20/h1-15,21-23H,16-17H2. The van der Waals surface area contributed by atoms with Gasteiger partial charge in [0.15, 0.2) is 0 Å². The van der Waals surface area contributed by atoms with E-state index in [9.17, 15) is 0 Å². The van der Waals surface area contributed by atoms with E-state index in [1.807, 2.05) is 0 Å². The molecule has 0 bridgehead atoms. The molecule has 0 unspecified atom stereocenters. The van der Waals surface area contributed by atoms with Gasteiger partial charge in [-0.3, -0.25) is 4.90 Å². The predicted molar refractivity (Wildman–Crippen MR) is 100 cm³/mol. The number of nitrogens with one attached hydrogen (secondary N) is 1. The van der Waals surface area contributed by atoms with Gasteiger partial charge in [-0.2, -0.15) is 0 Å². The van der Waals surface area contributed by atoms with Gasteiger partial charge in [0, 0.05) is 18.8 Å². The van der Waals surface area contributed by atoms with Crippen LogP contribution in [-0.4, -0.2) is 24.0 Å². The molecule has 2 nitrogen and oxygen atoms in total. The molecule has 1 aliphatic rings. The second kappa shape index (κ2) is 6.90. The van der Waals surface area contributed by atoms with Gasteiger partial charge in [0.1, 0.15) is 0 Å². The van der Waals surface area contributed by atoms with Crippen molar-refractivity contribution in [2.24, 2.45) is 0 Å². The van der Waals surface area contributed by atoms with Crippen LogP contribution in [0, 0.1) is 0 Å². The highest BCUT2D eigenvalue weighted by molar-refractivity contribution is 5.44. The van der Waals surface area contributed by atoms with Gasteiger partial charge in [0.2, 0.25) is 0 Å². The van der Waals surface area contributed by atoms with Crippen LogP contribution in [0.15, 0.2) is 91.0 Å². The zero-order valence-corrected chi connectivity index (χ0v) is 13.7. The fourth-order valence-electron chi connectivity index (χ4n) is 3.47. The van der Waals surface area contributed by atoms with E-state index in [4.69, 9.17) is 0 Å². The van der Waals surface area contributed by atoms with Crippen molar-refractivity contribution in [3.05, 3.63) is 102 Å². The van der Waals surface area contributed by atoms with E-state index in [1.54, 1.807) is 0 Å². The Kier molecular flexibility index (Phi) is 4.30. The van der Waals surface area contributed by atoms with Gasteiger partial charge in [-0.1, -0.05) is 78.9 Å². The molecule has 0 spiro atoms. The molecule has 1 heterocycles. The zero-order valence-electron chi connectivity index (χ0n) is 13.7. The van der Waals surface area contributed by atoms with Crippen molar-refractivity contribution in [3.8, 4) is 0 Å². The molecule has 4 rings (SSSR count). The van der Waals surface area contributed by atoms with Gasteiger partial charge >= 0.3 is 0 Å². The van der Waals surface area contributed by atoms with E-state index in [0.717, 1.165) is 13.1 Å². The number of benzene rings is 3. The largest absolute Gasteiger partial charge is 0.380 e. The maximum absolute atomic E-state index is 3.62. The van der Waals surface area contributed by atoms with Crippen LogP contribution >= 0.6 is 0 Å². The second-order valence-electron chi connectivity index (χ2n) is 6.39. The zero-order chi connectivity index (χ0) is 16.2. The molecule has 3 aromatic rings. The number of hydrogen-bond acceptors (Lipinski definition) is 2. The topological polar surface area (TPSA) is 15.3 Å². The van der Waals surface area contributed by atoms with Gasteiger partial charge in [-0.05, 0) is 23.3 Å². The molecule has 0 aliphatic carbocycles. The van der Waals surface area contributed by atoms with E-state index < -0.39 is 0 Å². The van der Waals surface area contributed by atoms with Crippen LogP contribution < -0.4 is 5.32 Å². The van der Waals surface area contributed by atoms with Crippen molar-refractivity contribution < 1.29 is 0 Å². The lowest BCUT2D eigenvalue weighted by atomic mass is 9.93. The summed E-state index contributed by atoms with van der Waals surface area (Å²) < 4.78 is 0. The third-order valence-electron chi connectivity index (χ3n) is 4.65. The summed E-state index contributed by atoms with van der Waals surface area (Å²) in [6.45, 7) is 2.12. The molecule has 1 N–H and O–H groups in total. The van der Waals surface area contributed by atoms with Gasteiger partial charge in [-0.25, -0.2) is 0 Å². The van der Waals surface area contributed by atoms with Crippen LogP contribution in [0.1, 0.15) is 17.2 Å². The average molecular weight is 314 g/mol. The first-order valence-electron chi connectivity index (χ1n) is 8.56. The molecule has 1 saturated heterocycles. The first kappa shape index (κ1) is 15.0. The number of para-hydroxylation sites is 1. The average Bonchev–Trinajstić information content (AvgIpc) is 2.62. The summed E-state index contributed by atoms with van der Waals surface area (Å²) >= 11 is 0. The Morgan fingerprint density at radius 3 is 1.62 bits per heavy atom. The molecular weight excluding hydrogens is 292 g/mol. The van der Waals surface area contributed by atoms with Gasteiger partial charge in [0.25, 0.3) is 0 Å². The minimum Gasteiger partial charge on any atom is -0.380 e. The van der Waals surface area contributed by atoms with E-state index in [2.05, 4.69) is 101 Å². The van der Waals surface area contributed by atoms with Crippen LogP contribution in [-0.2, 0) is 0 Å². The molecular formula is C22H22N2. The molecule has 0 atom stereocenters. The number of likely N-dealkylation sites (tertiary alicyclic amines) is 1. The highest BCUT2D eigenvalue weighted by Crippen LogP contribution is 2.32. The van der Waals surface area contributed by atoms with E-state index in [0.29, 0.717) is 12.1 Å². The molecule has 1 aliphatic heterocycles. The van der Waals surface area contributed by atoms with Crippen molar-refractivity contribution in [1.29, 1.82) is 0 Å². The lowest BCUT2D eigenvalue weighted by Crippen LogP contribution is -2.55. The fraction of sp³-hybridized carbons (Fsp3) is 0.182. The number of hydrogen-bond donors (Lipinski definition) is 1. The SMILES string of the molecule is c1ccc(NC2CN(C(c3ccccc3)c3ccccc3)C2)cc1. The molecule has 0 aromatic heterocycles. The summed E-state index contributed by atoms with van der Waals surface area (Å²) in [6.07, 6.45) is 0. The Morgan fingerprint density at radius 1 is 0.667 bits per heavy atom. The minimum absolute atomic E-state index is 0.334. The number of nitrogens with zero attached hydrogens (tertiary/aromatic N) is 1. The lowest BCUT2D eigenvalue weighted by Gasteiger charge is -2.45. The van der Waals surface area contributed by atoms with Crippen molar-refractivity contribution in [2.45, 2.75) is 12.1 Å². The normalized spacial score (nSPS) is 15.2. The molecule has 24 heavy (non-hydrogen) atoms. The summed E-state index contributed by atoms with van der Waals surface area (Å²) in [6, 6.07) is 32.9. The summed E-state index contributed by atoms with van der Waals surface area (Å²) in [5, 5.41) is 3.62. The molecule has 3 aromatic carbocycles. The number of anilines is 1. The first-order valence-corrected chi connectivity index (χ1v) is 8.56. The Balaban J connectivity index is 1.50. The van der Waals surface area contributed by atoms with Crippen molar-refractivity contribution in [1.82, 2.24) is 4.90 Å². The van der Waals surface area contributed by atoms with E-state index in [1.165, 1.54) is 16.8 Å².